The zero-order chi connectivity index (χ0) is 28.0. The van der Waals surface area contributed by atoms with Gasteiger partial charge in [-0.05, 0) is 74.7 Å². The van der Waals surface area contributed by atoms with Crippen molar-refractivity contribution in [2.24, 2.45) is 0 Å². The normalized spacial score (nSPS) is 11.8. The smallest absolute Gasteiger partial charge is 0.0434 e. The molecule has 0 radical (unpaired) electrons. The van der Waals surface area contributed by atoms with Gasteiger partial charge >= 0.3 is 0 Å². The van der Waals surface area contributed by atoms with Crippen LogP contribution in [0.1, 0.15) is 26.3 Å². The van der Waals surface area contributed by atoms with Crippen molar-refractivity contribution < 1.29 is 0 Å². The summed E-state index contributed by atoms with van der Waals surface area (Å²) in [6, 6.07) is 37.4. The molecule has 3 aromatic heterocycles. The van der Waals surface area contributed by atoms with Crippen LogP contribution in [0.15, 0.2) is 128 Å². The Labute approximate surface area is 245 Å². The summed E-state index contributed by atoms with van der Waals surface area (Å²) in [6.45, 7) is 6.89. The Morgan fingerprint density at radius 2 is 1.02 bits per heavy atom. The first-order valence-corrected chi connectivity index (χ1v) is 14.8. The minimum absolute atomic E-state index is 0.0516. The summed E-state index contributed by atoms with van der Waals surface area (Å²) in [7, 11) is 0. The Bertz CT molecular complexity index is 1960. The first kappa shape index (κ1) is 25.4. The third kappa shape index (κ3) is 4.63. The highest BCUT2D eigenvalue weighted by molar-refractivity contribution is 7.26. The molecule has 3 heterocycles. The Kier molecular flexibility index (Phi) is 6.25. The maximum atomic E-state index is 4.40. The van der Waals surface area contributed by atoms with Gasteiger partial charge in [-0.3, -0.25) is 9.97 Å². The zero-order valence-electron chi connectivity index (χ0n) is 23.4. The van der Waals surface area contributed by atoms with Gasteiger partial charge in [0.1, 0.15) is 0 Å². The molecule has 0 spiro atoms. The van der Waals surface area contributed by atoms with E-state index in [-0.39, 0.29) is 5.41 Å². The van der Waals surface area contributed by atoms with Gasteiger partial charge in [-0.2, -0.15) is 0 Å². The van der Waals surface area contributed by atoms with Gasteiger partial charge in [-0.15, -0.1) is 11.3 Å². The van der Waals surface area contributed by atoms with Gasteiger partial charge in [0.25, 0.3) is 0 Å². The van der Waals surface area contributed by atoms with E-state index in [0.717, 1.165) is 22.3 Å². The highest BCUT2D eigenvalue weighted by Gasteiger charge is 2.21. The summed E-state index contributed by atoms with van der Waals surface area (Å²) in [6.07, 6.45) is 7.52. The molecule has 7 rings (SSSR count). The fraction of sp³-hybridized carbons (Fsp3) is 0.105. The quantitative estimate of drug-likeness (QED) is 0.219. The maximum Gasteiger partial charge on any atom is 0.0434 e. The summed E-state index contributed by atoms with van der Waals surface area (Å²) in [4.78, 5) is 8.79. The van der Waals surface area contributed by atoms with Gasteiger partial charge in [0, 0.05) is 56.1 Å². The molecule has 0 aliphatic heterocycles. The van der Waals surface area contributed by atoms with Crippen LogP contribution in [-0.4, -0.2) is 9.97 Å². The van der Waals surface area contributed by atoms with E-state index in [1.807, 2.05) is 48.3 Å². The lowest BCUT2D eigenvalue weighted by Gasteiger charge is -2.23. The van der Waals surface area contributed by atoms with Crippen molar-refractivity contribution in [3.05, 3.63) is 133 Å². The van der Waals surface area contributed by atoms with Gasteiger partial charge in [-0.1, -0.05) is 93.6 Å². The molecular formula is C38H30N2S. The molecule has 2 nitrogen and oxygen atoms in total. The van der Waals surface area contributed by atoms with Crippen LogP contribution in [-0.2, 0) is 5.41 Å². The number of hydrogen-bond donors (Lipinski definition) is 0. The second-order valence-corrected chi connectivity index (χ2v) is 12.6. The third-order valence-corrected chi connectivity index (χ3v) is 9.07. The number of pyridine rings is 2. The Morgan fingerprint density at radius 3 is 1.61 bits per heavy atom. The topological polar surface area (TPSA) is 25.8 Å². The molecule has 0 unspecified atom stereocenters. The van der Waals surface area contributed by atoms with Crippen LogP contribution in [0.3, 0.4) is 0 Å². The molecule has 7 aromatic rings. The van der Waals surface area contributed by atoms with E-state index in [0.29, 0.717) is 0 Å². The van der Waals surface area contributed by atoms with E-state index in [4.69, 9.17) is 0 Å². The summed E-state index contributed by atoms with van der Waals surface area (Å²) >= 11 is 1.90. The zero-order valence-corrected chi connectivity index (χ0v) is 24.2. The van der Waals surface area contributed by atoms with E-state index in [1.165, 1.54) is 48.0 Å². The van der Waals surface area contributed by atoms with E-state index >= 15 is 0 Å². The van der Waals surface area contributed by atoms with Crippen molar-refractivity contribution in [2.75, 3.05) is 0 Å². The number of nitrogens with zero attached hydrogens (tertiary/aromatic N) is 2. The van der Waals surface area contributed by atoms with Crippen LogP contribution in [0.25, 0.3) is 64.7 Å². The van der Waals surface area contributed by atoms with Gasteiger partial charge in [-0.25, -0.2) is 0 Å². The molecule has 0 aliphatic carbocycles. The number of benzene rings is 4. The molecule has 0 saturated carbocycles. The predicted molar refractivity (Wildman–Crippen MR) is 175 cm³/mol. The molecule has 0 bridgehead atoms. The number of hydrogen-bond acceptors (Lipinski definition) is 3. The van der Waals surface area contributed by atoms with Crippen molar-refractivity contribution >= 4 is 31.5 Å². The first-order chi connectivity index (χ1) is 20.0. The van der Waals surface area contributed by atoms with Crippen molar-refractivity contribution in [1.82, 2.24) is 9.97 Å². The summed E-state index contributed by atoms with van der Waals surface area (Å²) < 4.78 is 2.64. The SMILES string of the molecule is CC(C)(C)c1ccccc1-c1cccc2c1sc1c(-c3cc(-c4cccnc4)cc(-c4cccnc4)c3)cccc12. The molecular weight excluding hydrogens is 516 g/mol. The molecule has 198 valence electrons. The lowest BCUT2D eigenvalue weighted by Crippen LogP contribution is -2.12. The highest BCUT2D eigenvalue weighted by Crippen LogP contribution is 2.46. The van der Waals surface area contributed by atoms with Crippen LogP contribution >= 0.6 is 11.3 Å². The predicted octanol–water partition coefficient (Wildman–Crippen LogP) is 10.8. The Hall–Kier alpha value is -4.60. The van der Waals surface area contributed by atoms with E-state index in [2.05, 4.69) is 122 Å². The van der Waals surface area contributed by atoms with Gasteiger partial charge < -0.3 is 0 Å². The average Bonchev–Trinajstić information content (AvgIpc) is 3.40. The average molecular weight is 547 g/mol. The standard InChI is InChI=1S/C38H30N2S/c1-38(2,3)35-17-5-4-12-31(35)32-14-7-16-34-33-15-6-13-30(36(33)41-37(32)34)29-21-27(25-10-8-18-39-23-25)20-28(22-29)26-11-9-19-40-24-26/h4-24H,1-3H3. The van der Waals surface area contributed by atoms with Crippen LogP contribution in [0, 0.1) is 0 Å². The van der Waals surface area contributed by atoms with E-state index < -0.39 is 0 Å². The van der Waals surface area contributed by atoms with Crippen molar-refractivity contribution in [1.29, 1.82) is 0 Å². The van der Waals surface area contributed by atoms with Crippen LogP contribution in [0.2, 0.25) is 0 Å². The fourth-order valence-electron chi connectivity index (χ4n) is 5.82. The van der Waals surface area contributed by atoms with E-state index in [1.54, 1.807) is 0 Å². The second-order valence-electron chi connectivity index (χ2n) is 11.5. The minimum atomic E-state index is 0.0516. The minimum Gasteiger partial charge on any atom is -0.264 e. The van der Waals surface area contributed by atoms with Gasteiger partial charge in [0.2, 0.25) is 0 Å². The summed E-state index contributed by atoms with van der Waals surface area (Å²) in [5.74, 6) is 0. The van der Waals surface area contributed by atoms with E-state index in [9.17, 15) is 0 Å². The highest BCUT2D eigenvalue weighted by atomic mass is 32.1. The van der Waals surface area contributed by atoms with Gasteiger partial charge in [0.15, 0.2) is 0 Å². The summed E-state index contributed by atoms with van der Waals surface area (Å²) in [5.41, 5.74) is 11.0. The Balaban J connectivity index is 1.48. The number of fused-ring (bicyclic) bond motifs is 3. The molecule has 0 N–H and O–H groups in total. The van der Waals surface area contributed by atoms with Crippen molar-refractivity contribution in [3.8, 4) is 44.5 Å². The number of thiophene rings is 1. The molecule has 0 fully saturated rings. The maximum absolute atomic E-state index is 4.40. The van der Waals surface area contributed by atoms with Crippen molar-refractivity contribution in [2.45, 2.75) is 26.2 Å². The molecule has 0 atom stereocenters. The molecule has 3 heteroatoms. The number of rotatable bonds is 4. The molecule has 0 saturated heterocycles. The summed E-state index contributed by atoms with van der Waals surface area (Å²) in [5, 5.41) is 2.61. The lowest BCUT2D eigenvalue weighted by molar-refractivity contribution is 0.592. The fourth-order valence-corrected chi connectivity index (χ4v) is 7.18. The molecule has 41 heavy (non-hydrogen) atoms. The van der Waals surface area contributed by atoms with Gasteiger partial charge in [0.05, 0.1) is 0 Å². The largest absolute Gasteiger partial charge is 0.264 e. The molecule has 0 amide bonds. The second kappa shape index (κ2) is 10.1. The first-order valence-electron chi connectivity index (χ1n) is 14.0. The molecule has 4 aromatic carbocycles. The van der Waals surface area contributed by atoms with Crippen LogP contribution in [0.5, 0.6) is 0 Å². The molecule has 0 aliphatic rings. The van der Waals surface area contributed by atoms with Crippen LogP contribution < -0.4 is 0 Å². The Morgan fingerprint density at radius 1 is 0.488 bits per heavy atom. The van der Waals surface area contributed by atoms with Crippen LogP contribution in [0.4, 0.5) is 0 Å². The monoisotopic (exact) mass is 546 g/mol. The van der Waals surface area contributed by atoms with Crippen molar-refractivity contribution in [3.63, 3.8) is 0 Å². The number of aromatic nitrogens is 2. The third-order valence-electron chi connectivity index (χ3n) is 7.78. The lowest BCUT2D eigenvalue weighted by atomic mass is 9.82.